The molecule has 17 heavy (non-hydrogen) atoms. The van der Waals surface area contributed by atoms with E-state index in [4.69, 9.17) is 15.2 Å². The van der Waals surface area contributed by atoms with Gasteiger partial charge < -0.3 is 20.2 Å². The molecule has 4 heteroatoms. The molecule has 0 spiro atoms. The second-order valence-electron chi connectivity index (χ2n) is 4.22. The molecule has 0 aliphatic rings. The average Bonchev–Trinajstić information content (AvgIpc) is 2.76. The fourth-order valence-corrected chi connectivity index (χ4v) is 2.12. The van der Waals surface area contributed by atoms with Gasteiger partial charge in [0.25, 0.3) is 0 Å². The summed E-state index contributed by atoms with van der Waals surface area (Å²) >= 11 is 0. The fourth-order valence-electron chi connectivity index (χ4n) is 2.12. The Kier molecular flexibility index (Phi) is 3.24. The summed E-state index contributed by atoms with van der Waals surface area (Å²) in [4.78, 5) is 3.18. The van der Waals surface area contributed by atoms with Gasteiger partial charge in [0.05, 0.1) is 19.7 Å². The molecule has 1 aromatic heterocycles. The number of aromatic nitrogens is 1. The first-order chi connectivity index (χ1) is 8.17. The van der Waals surface area contributed by atoms with Crippen molar-refractivity contribution in [1.29, 1.82) is 0 Å². The molecule has 2 rings (SSSR count). The van der Waals surface area contributed by atoms with Crippen LogP contribution in [0.15, 0.2) is 18.3 Å². The van der Waals surface area contributed by atoms with Crippen molar-refractivity contribution in [2.45, 2.75) is 19.4 Å². The Labute approximate surface area is 101 Å². The second kappa shape index (κ2) is 4.67. The Balaban J connectivity index is 2.64. The Morgan fingerprint density at radius 1 is 1.35 bits per heavy atom. The highest BCUT2D eigenvalue weighted by atomic mass is 16.5. The lowest BCUT2D eigenvalue weighted by Gasteiger charge is -2.13. The first-order valence-electron chi connectivity index (χ1n) is 5.64. The third-order valence-electron chi connectivity index (χ3n) is 2.82. The van der Waals surface area contributed by atoms with Crippen LogP contribution >= 0.6 is 0 Å². The van der Waals surface area contributed by atoms with Gasteiger partial charge in [-0.2, -0.15) is 0 Å². The number of methoxy groups -OCH3 is 2. The molecule has 1 heterocycles. The molecule has 3 N–H and O–H groups in total. The summed E-state index contributed by atoms with van der Waals surface area (Å²) in [5.41, 5.74) is 8.00. The molecule has 1 atom stereocenters. The number of nitrogens with two attached hydrogens (primary N) is 1. The first kappa shape index (κ1) is 11.8. The number of rotatable bonds is 4. The Bertz CT molecular complexity index is 517. The zero-order chi connectivity index (χ0) is 12.4. The lowest BCUT2D eigenvalue weighted by atomic mass is 10.0. The van der Waals surface area contributed by atoms with Crippen LogP contribution in [0.3, 0.4) is 0 Å². The van der Waals surface area contributed by atoms with Crippen LogP contribution in [0.4, 0.5) is 0 Å². The third kappa shape index (κ3) is 2.08. The Morgan fingerprint density at radius 3 is 2.71 bits per heavy atom. The van der Waals surface area contributed by atoms with Crippen LogP contribution in [0.2, 0.25) is 0 Å². The summed E-state index contributed by atoms with van der Waals surface area (Å²) in [7, 11) is 3.28. The van der Waals surface area contributed by atoms with E-state index in [9.17, 15) is 0 Å². The van der Waals surface area contributed by atoms with Gasteiger partial charge in [-0.25, -0.2) is 0 Å². The topological polar surface area (TPSA) is 60.3 Å². The fraction of sp³-hybridized carbons (Fsp3) is 0.385. The summed E-state index contributed by atoms with van der Waals surface area (Å²) in [5, 5.41) is 1.14. The van der Waals surface area contributed by atoms with Crippen molar-refractivity contribution in [3.05, 3.63) is 23.9 Å². The summed E-state index contributed by atoms with van der Waals surface area (Å²) in [6.07, 6.45) is 2.71. The predicted octanol–water partition coefficient (Wildman–Crippen LogP) is 2.07. The standard InChI is InChI=1S/C13H18N2O2/c1-8(14)6-9-7-11(16-2)13(17-3)12-10(9)4-5-15-12/h4-5,7-8,15H,6,14H2,1-3H3. The molecular weight excluding hydrogens is 216 g/mol. The number of hydrogen-bond donors (Lipinski definition) is 2. The van der Waals surface area contributed by atoms with Crippen LogP contribution in [0.1, 0.15) is 12.5 Å². The molecule has 1 aromatic carbocycles. The van der Waals surface area contributed by atoms with E-state index >= 15 is 0 Å². The van der Waals surface area contributed by atoms with E-state index in [1.165, 1.54) is 5.56 Å². The lowest BCUT2D eigenvalue weighted by Crippen LogP contribution is -2.18. The largest absolute Gasteiger partial charge is 0.493 e. The van der Waals surface area contributed by atoms with Gasteiger partial charge in [0.15, 0.2) is 11.5 Å². The van der Waals surface area contributed by atoms with E-state index in [0.717, 1.165) is 28.8 Å². The van der Waals surface area contributed by atoms with Gasteiger partial charge in [-0.15, -0.1) is 0 Å². The van der Waals surface area contributed by atoms with E-state index in [-0.39, 0.29) is 6.04 Å². The van der Waals surface area contributed by atoms with Gasteiger partial charge in [0.2, 0.25) is 0 Å². The van der Waals surface area contributed by atoms with Crippen LogP contribution in [0.25, 0.3) is 10.9 Å². The molecule has 0 aliphatic heterocycles. The van der Waals surface area contributed by atoms with E-state index in [0.29, 0.717) is 0 Å². The van der Waals surface area contributed by atoms with Crippen molar-refractivity contribution >= 4 is 10.9 Å². The van der Waals surface area contributed by atoms with E-state index in [1.54, 1.807) is 14.2 Å². The van der Waals surface area contributed by atoms with Crippen LogP contribution < -0.4 is 15.2 Å². The van der Waals surface area contributed by atoms with Crippen LogP contribution in [-0.2, 0) is 6.42 Å². The van der Waals surface area contributed by atoms with Crippen molar-refractivity contribution in [3.63, 3.8) is 0 Å². The molecule has 0 bridgehead atoms. The summed E-state index contributed by atoms with van der Waals surface area (Å²) in [5.74, 6) is 1.47. The highest BCUT2D eigenvalue weighted by molar-refractivity contribution is 5.91. The molecule has 1 unspecified atom stereocenters. The molecular formula is C13H18N2O2. The van der Waals surface area contributed by atoms with Crippen molar-refractivity contribution < 1.29 is 9.47 Å². The van der Waals surface area contributed by atoms with E-state index < -0.39 is 0 Å². The number of hydrogen-bond acceptors (Lipinski definition) is 3. The second-order valence-corrected chi connectivity index (χ2v) is 4.22. The maximum atomic E-state index is 5.86. The molecule has 0 aliphatic carbocycles. The van der Waals surface area contributed by atoms with Gasteiger partial charge in [-0.05, 0) is 31.0 Å². The van der Waals surface area contributed by atoms with Crippen LogP contribution in [-0.4, -0.2) is 25.2 Å². The molecule has 0 amide bonds. The minimum atomic E-state index is 0.117. The van der Waals surface area contributed by atoms with Crippen LogP contribution in [0, 0.1) is 0 Å². The third-order valence-corrected chi connectivity index (χ3v) is 2.82. The van der Waals surface area contributed by atoms with Gasteiger partial charge in [0.1, 0.15) is 0 Å². The van der Waals surface area contributed by atoms with Crippen molar-refractivity contribution in [2.24, 2.45) is 5.73 Å². The van der Waals surface area contributed by atoms with Crippen molar-refractivity contribution in [1.82, 2.24) is 4.98 Å². The number of nitrogens with one attached hydrogen (secondary N) is 1. The minimum absolute atomic E-state index is 0.117. The zero-order valence-corrected chi connectivity index (χ0v) is 10.4. The molecule has 4 nitrogen and oxygen atoms in total. The monoisotopic (exact) mass is 234 g/mol. The maximum Gasteiger partial charge on any atom is 0.184 e. The number of benzene rings is 1. The molecule has 0 fully saturated rings. The number of H-pyrrole nitrogens is 1. The molecule has 92 valence electrons. The van der Waals surface area contributed by atoms with E-state index in [2.05, 4.69) is 4.98 Å². The molecule has 0 radical (unpaired) electrons. The molecule has 2 aromatic rings. The SMILES string of the molecule is COc1cc(CC(C)N)c2cc[nH]c2c1OC. The summed E-state index contributed by atoms with van der Waals surface area (Å²) in [6.45, 7) is 2.00. The number of fused-ring (bicyclic) bond motifs is 1. The molecule has 0 saturated carbocycles. The lowest BCUT2D eigenvalue weighted by molar-refractivity contribution is 0.357. The smallest absolute Gasteiger partial charge is 0.184 e. The van der Waals surface area contributed by atoms with Gasteiger partial charge in [-0.1, -0.05) is 0 Å². The summed E-state index contributed by atoms with van der Waals surface area (Å²) in [6, 6.07) is 4.15. The highest BCUT2D eigenvalue weighted by Crippen LogP contribution is 2.37. The molecule has 0 saturated heterocycles. The highest BCUT2D eigenvalue weighted by Gasteiger charge is 2.14. The van der Waals surface area contributed by atoms with Crippen LogP contribution in [0.5, 0.6) is 11.5 Å². The Hall–Kier alpha value is -1.68. The quantitative estimate of drug-likeness (QED) is 0.851. The number of ether oxygens (including phenoxy) is 2. The predicted molar refractivity (Wildman–Crippen MR) is 68.8 cm³/mol. The normalized spacial score (nSPS) is 12.7. The minimum Gasteiger partial charge on any atom is -0.493 e. The zero-order valence-electron chi connectivity index (χ0n) is 10.4. The van der Waals surface area contributed by atoms with Crippen molar-refractivity contribution in [2.75, 3.05) is 14.2 Å². The number of aromatic amines is 1. The van der Waals surface area contributed by atoms with Gasteiger partial charge in [-0.3, -0.25) is 0 Å². The Morgan fingerprint density at radius 2 is 2.12 bits per heavy atom. The summed E-state index contributed by atoms with van der Waals surface area (Å²) < 4.78 is 10.7. The average molecular weight is 234 g/mol. The van der Waals surface area contributed by atoms with Gasteiger partial charge in [0, 0.05) is 17.6 Å². The first-order valence-corrected chi connectivity index (χ1v) is 5.64. The van der Waals surface area contributed by atoms with Crippen molar-refractivity contribution in [3.8, 4) is 11.5 Å². The maximum absolute atomic E-state index is 5.86. The van der Waals surface area contributed by atoms with E-state index in [1.807, 2.05) is 25.3 Å². The van der Waals surface area contributed by atoms with Gasteiger partial charge >= 0.3 is 0 Å².